The zero-order chi connectivity index (χ0) is 13.1. The van der Waals surface area contributed by atoms with Crippen molar-refractivity contribution >= 4 is 16.2 Å². The molecular weight excluding hydrogens is 244 g/mol. The molecule has 6 nitrogen and oxygen atoms in total. The predicted octanol–water partition coefficient (Wildman–Crippen LogP) is 0.370. The van der Waals surface area contributed by atoms with Gasteiger partial charge in [-0.3, -0.25) is 4.79 Å². The Balaban J connectivity index is 2.73. The number of carboxylic acids is 1. The van der Waals surface area contributed by atoms with Crippen molar-refractivity contribution in [2.75, 3.05) is 26.7 Å². The molecule has 0 bridgehead atoms. The van der Waals surface area contributed by atoms with E-state index in [1.54, 1.807) is 0 Å². The third kappa shape index (κ3) is 3.65. The van der Waals surface area contributed by atoms with Gasteiger partial charge in [-0.1, -0.05) is 13.3 Å². The molecule has 0 radical (unpaired) electrons. The van der Waals surface area contributed by atoms with Gasteiger partial charge in [0.25, 0.3) is 10.2 Å². The largest absolute Gasteiger partial charge is 0.481 e. The minimum Gasteiger partial charge on any atom is -0.481 e. The van der Waals surface area contributed by atoms with Crippen molar-refractivity contribution in [1.29, 1.82) is 0 Å². The second kappa shape index (κ2) is 5.79. The van der Waals surface area contributed by atoms with Crippen molar-refractivity contribution in [2.45, 2.75) is 26.2 Å². The maximum Gasteiger partial charge on any atom is 0.303 e. The molecule has 1 unspecified atom stereocenters. The van der Waals surface area contributed by atoms with Crippen LogP contribution in [-0.2, 0) is 15.0 Å². The summed E-state index contributed by atoms with van der Waals surface area (Å²) in [6, 6.07) is 0. The Bertz CT molecular complexity index is 369. The summed E-state index contributed by atoms with van der Waals surface area (Å²) in [7, 11) is -1.87. The number of hydrogen-bond acceptors (Lipinski definition) is 3. The van der Waals surface area contributed by atoms with Crippen LogP contribution in [-0.4, -0.2) is 54.8 Å². The van der Waals surface area contributed by atoms with E-state index in [1.165, 1.54) is 15.7 Å². The Morgan fingerprint density at radius 1 is 1.41 bits per heavy atom. The lowest BCUT2D eigenvalue weighted by Gasteiger charge is -2.36. The van der Waals surface area contributed by atoms with E-state index in [0.29, 0.717) is 13.1 Å². The van der Waals surface area contributed by atoms with Gasteiger partial charge in [0.05, 0.1) is 6.42 Å². The highest BCUT2D eigenvalue weighted by atomic mass is 32.2. The number of carbonyl (C=O) groups is 1. The summed E-state index contributed by atoms with van der Waals surface area (Å²) < 4.78 is 26.6. The molecule has 1 aliphatic heterocycles. The van der Waals surface area contributed by atoms with E-state index in [4.69, 9.17) is 5.11 Å². The van der Waals surface area contributed by atoms with Gasteiger partial charge in [-0.2, -0.15) is 17.0 Å². The first-order valence-electron chi connectivity index (χ1n) is 5.81. The molecule has 1 saturated heterocycles. The second-order valence-corrected chi connectivity index (χ2v) is 6.50. The average molecular weight is 264 g/mol. The van der Waals surface area contributed by atoms with Crippen LogP contribution in [0, 0.1) is 5.92 Å². The minimum absolute atomic E-state index is 0.0164. The highest BCUT2D eigenvalue weighted by molar-refractivity contribution is 7.86. The smallest absolute Gasteiger partial charge is 0.303 e. The molecule has 0 aliphatic carbocycles. The number of rotatable bonds is 5. The fraction of sp³-hybridized carbons (Fsp3) is 0.900. The second-order valence-electron chi connectivity index (χ2n) is 4.46. The standard InChI is InChI=1S/C10H20N2O4S/c1-3-4-5-12-8-9(6-10(13)14)7-11(2)17(12,15)16/h9H,3-8H2,1-2H3,(H,13,14). The van der Waals surface area contributed by atoms with Gasteiger partial charge in [0.1, 0.15) is 0 Å². The number of nitrogens with zero attached hydrogens (tertiary/aromatic N) is 2. The van der Waals surface area contributed by atoms with Crippen LogP contribution >= 0.6 is 0 Å². The Hall–Kier alpha value is -0.660. The van der Waals surface area contributed by atoms with Crippen LogP contribution < -0.4 is 0 Å². The zero-order valence-electron chi connectivity index (χ0n) is 10.3. The molecule has 17 heavy (non-hydrogen) atoms. The molecular formula is C10H20N2O4S. The van der Waals surface area contributed by atoms with Crippen LogP contribution in [0.3, 0.4) is 0 Å². The fourth-order valence-corrected chi connectivity index (χ4v) is 3.56. The van der Waals surface area contributed by atoms with Crippen LogP contribution in [0.4, 0.5) is 0 Å². The summed E-state index contributed by atoms with van der Waals surface area (Å²) in [4.78, 5) is 10.7. The molecule has 0 spiro atoms. The van der Waals surface area contributed by atoms with Crippen molar-refractivity contribution in [3.8, 4) is 0 Å². The summed E-state index contributed by atoms with van der Waals surface area (Å²) in [6.07, 6.45) is 1.73. The molecule has 7 heteroatoms. The quantitative estimate of drug-likeness (QED) is 0.778. The molecule has 1 fully saturated rings. The normalized spacial score (nSPS) is 25.9. The first-order chi connectivity index (χ1) is 7.87. The van der Waals surface area contributed by atoms with Gasteiger partial charge in [-0.15, -0.1) is 0 Å². The van der Waals surface area contributed by atoms with Crippen LogP contribution in [0.5, 0.6) is 0 Å². The predicted molar refractivity (Wildman–Crippen MR) is 63.8 cm³/mol. The van der Waals surface area contributed by atoms with E-state index < -0.39 is 16.2 Å². The van der Waals surface area contributed by atoms with Gasteiger partial charge in [-0.25, -0.2) is 0 Å². The summed E-state index contributed by atoms with van der Waals surface area (Å²) in [5, 5.41) is 8.76. The molecule has 1 aliphatic rings. The van der Waals surface area contributed by atoms with E-state index in [0.717, 1.165) is 12.8 Å². The van der Waals surface area contributed by atoms with Crippen molar-refractivity contribution in [3.05, 3.63) is 0 Å². The maximum absolute atomic E-state index is 12.0. The molecule has 0 saturated carbocycles. The lowest BCUT2D eigenvalue weighted by Crippen LogP contribution is -2.52. The van der Waals surface area contributed by atoms with E-state index in [2.05, 4.69) is 0 Å². The monoisotopic (exact) mass is 264 g/mol. The summed E-state index contributed by atoms with van der Waals surface area (Å²) in [6.45, 7) is 3.07. The van der Waals surface area contributed by atoms with Gasteiger partial charge in [0.15, 0.2) is 0 Å². The molecule has 1 heterocycles. The molecule has 0 amide bonds. The van der Waals surface area contributed by atoms with Crippen LogP contribution in [0.2, 0.25) is 0 Å². The van der Waals surface area contributed by atoms with Crippen molar-refractivity contribution in [2.24, 2.45) is 5.92 Å². The molecule has 0 aromatic rings. The summed E-state index contributed by atoms with van der Waals surface area (Å²) >= 11 is 0. The van der Waals surface area contributed by atoms with Gasteiger partial charge in [-0.05, 0) is 12.3 Å². The van der Waals surface area contributed by atoms with E-state index in [1.807, 2.05) is 6.92 Å². The van der Waals surface area contributed by atoms with E-state index in [-0.39, 0.29) is 18.9 Å². The zero-order valence-corrected chi connectivity index (χ0v) is 11.1. The van der Waals surface area contributed by atoms with Crippen LogP contribution in [0.25, 0.3) is 0 Å². The fourth-order valence-electron chi connectivity index (χ4n) is 2.01. The number of aliphatic carboxylic acids is 1. The van der Waals surface area contributed by atoms with Crippen molar-refractivity contribution in [1.82, 2.24) is 8.61 Å². The SMILES string of the molecule is CCCCN1CC(CC(=O)O)CN(C)S1(=O)=O. The van der Waals surface area contributed by atoms with Crippen LogP contribution in [0.1, 0.15) is 26.2 Å². The number of unbranched alkanes of at least 4 members (excludes halogenated alkanes) is 1. The summed E-state index contributed by atoms with van der Waals surface area (Å²) in [5.74, 6) is -1.00. The first kappa shape index (κ1) is 14.4. The van der Waals surface area contributed by atoms with E-state index >= 15 is 0 Å². The Kier molecular flexibility index (Phi) is 4.91. The average Bonchev–Trinajstić information content (AvgIpc) is 2.20. The lowest BCUT2D eigenvalue weighted by molar-refractivity contribution is -0.138. The van der Waals surface area contributed by atoms with Crippen molar-refractivity contribution < 1.29 is 18.3 Å². The molecule has 100 valence electrons. The molecule has 1 N–H and O–H groups in total. The number of hydrogen-bond donors (Lipinski definition) is 1. The molecule has 1 atom stereocenters. The van der Waals surface area contributed by atoms with E-state index in [9.17, 15) is 13.2 Å². The Morgan fingerprint density at radius 3 is 2.59 bits per heavy atom. The van der Waals surface area contributed by atoms with Crippen LogP contribution in [0.15, 0.2) is 0 Å². The van der Waals surface area contributed by atoms with Crippen molar-refractivity contribution in [3.63, 3.8) is 0 Å². The molecule has 0 aromatic heterocycles. The third-order valence-electron chi connectivity index (χ3n) is 2.92. The highest BCUT2D eigenvalue weighted by Gasteiger charge is 2.36. The number of carboxylic acid groups (broad SMARTS) is 1. The minimum atomic E-state index is -3.37. The first-order valence-corrected chi connectivity index (χ1v) is 7.20. The molecule has 1 rings (SSSR count). The summed E-state index contributed by atoms with van der Waals surface area (Å²) in [5.41, 5.74) is 0. The van der Waals surface area contributed by atoms with Gasteiger partial charge < -0.3 is 5.11 Å². The lowest BCUT2D eigenvalue weighted by atomic mass is 10.1. The Labute approximate surface area is 102 Å². The third-order valence-corrected chi connectivity index (χ3v) is 4.84. The van der Waals surface area contributed by atoms with Gasteiger partial charge in [0, 0.05) is 26.7 Å². The van der Waals surface area contributed by atoms with Gasteiger partial charge in [0.2, 0.25) is 0 Å². The Morgan fingerprint density at radius 2 is 2.06 bits per heavy atom. The topological polar surface area (TPSA) is 77.9 Å². The van der Waals surface area contributed by atoms with Gasteiger partial charge >= 0.3 is 5.97 Å². The highest BCUT2D eigenvalue weighted by Crippen LogP contribution is 2.21. The molecule has 0 aromatic carbocycles. The maximum atomic E-state index is 12.0.